The van der Waals surface area contributed by atoms with Gasteiger partial charge in [0.2, 0.25) is 0 Å². The third-order valence-electron chi connectivity index (χ3n) is 4.08. The monoisotopic (exact) mass is 196 g/mol. The topological polar surface area (TPSA) is 29.3 Å². The molecule has 0 aromatic carbocycles. The van der Waals surface area contributed by atoms with Crippen molar-refractivity contribution in [1.82, 2.24) is 4.90 Å². The highest BCUT2D eigenvalue weighted by molar-refractivity contribution is 4.97. The molecule has 2 rings (SSSR count). The van der Waals surface area contributed by atoms with Crippen LogP contribution in [0.25, 0.3) is 0 Å². The Morgan fingerprint density at radius 3 is 2.86 bits per heavy atom. The Hall–Kier alpha value is -0.0800. The van der Waals surface area contributed by atoms with Gasteiger partial charge >= 0.3 is 0 Å². The van der Waals surface area contributed by atoms with E-state index in [4.69, 9.17) is 5.73 Å². The number of nitrogens with zero attached hydrogens (tertiary/aromatic N) is 1. The van der Waals surface area contributed by atoms with E-state index in [9.17, 15) is 0 Å². The zero-order chi connectivity index (χ0) is 9.97. The van der Waals surface area contributed by atoms with E-state index in [-0.39, 0.29) is 0 Å². The lowest BCUT2D eigenvalue weighted by molar-refractivity contribution is 0.203. The highest BCUT2D eigenvalue weighted by atomic mass is 15.1. The molecule has 2 heteroatoms. The summed E-state index contributed by atoms with van der Waals surface area (Å²) in [5, 5.41) is 0. The molecule has 0 radical (unpaired) electrons. The molecule has 0 aliphatic heterocycles. The van der Waals surface area contributed by atoms with E-state index in [1.165, 1.54) is 38.6 Å². The van der Waals surface area contributed by atoms with E-state index >= 15 is 0 Å². The Morgan fingerprint density at radius 2 is 2.07 bits per heavy atom. The summed E-state index contributed by atoms with van der Waals surface area (Å²) in [6.07, 6.45) is 8.53. The second kappa shape index (κ2) is 4.63. The molecule has 0 saturated heterocycles. The van der Waals surface area contributed by atoms with Crippen molar-refractivity contribution < 1.29 is 0 Å². The van der Waals surface area contributed by atoms with Crippen LogP contribution in [-0.4, -0.2) is 31.1 Å². The minimum absolute atomic E-state index is 0.838. The smallest absolute Gasteiger partial charge is 0.0123 e. The lowest BCUT2D eigenvalue weighted by Crippen LogP contribution is -2.35. The predicted octanol–water partition coefficient (Wildman–Crippen LogP) is 1.85. The first-order chi connectivity index (χ1) is 6.83. The van der Waals surface area contributed by atoms with Gasteiger partial charge in [-0.15, -0.1) is 0 Å². The largest absolute Gasteiger partial charge is 0.330 e. The van der Waals surface area contributed by atoms with Crippen LogP contribution in [0.4, 0.5) is 0 Å². The molecule has 82 valence electrons. The van der Waals surface area contributed by atoms with Crippen molar-refractivity contribution in [2.24, 2.45) is 17.6 Å². The zero-order valence-corrected chi connectivity index (χ0v) is 9.41. The standard InChI is InChI=1S/C12H24N2/c1-14(8-4-7-13)12-6-3-2-5-10-9-11(10)12/h10-12H,2-9,13H2,1H3/t10-,11?,12?/m0/s1. The van der Waals surface area contributed by atoms with E-state index in [2.05, 4.69) is 11.9 Å². The summed E-state index contributed by atoms with van der Waals surface area (Å²) < 4.78 is 0. The minimum Gasteiger partial charge on any atom is -0.330 e. The Labute approximate surface area is 87.8 Å². The number of rotatable bonds is 4. The van der Waals surface area contributed by atoms with Crippen molar-refractivity contribution in [1.29, 1.82) is 0 Å². The third-order valence-corrected chi connectivity index (χ3v) is 4.08. The number of fused-ring (bicyclic) bond motifs is 1. The summed E-state index contributed by atoms with van der Waals surface area (Å²) in [6, 6.07) is 0.883. The molecule has 2 saturated carbocycles. The Balaban J connectivity index is 1.82. The molecule has 2 aliphatic carbocycles. The molecule has 2 fully saturated rings. The number of hydrogen-bond donors (Lipinski definition) is 1. The fraction of sp³-hybridized carbons (Fsp3) is 1.00. The summed E-state index contributed by atoms with van der Waals surface area (Å²) in [6.45, 7) is 2.04. The molecular formula is C12H24N2. The molecule has 14 heavy (non-hydrogen) atoms. The minimum atomic E-state index is 0.838. The second-order valence-corrected chi connectivity index (χ2v) is 5.13. The van der Waals surface area contributed by atoms with Crippen molar-refractivity contribution in [3.05, 3.63) is 0 Å². The molecule has 2 unspecified atom stereocenters. The highest BCUT2D eigenvalue weighted by Gasteiger charge is 2.44. The van der Waals surface area contributed by atoms with Crippen LogP contribution in [0.2, 0.25) is 0 Å². The Bertz CT molecular complexity index is 181. The molecule has 2 nitrogen and oxygen atoms in total. The van der Waals surface area contributed by atoms with Crippen LogP contribution < -0.4 is 5.73 Å². The first kappa shape index (κ1) is 10.4. The van der Waals surface area contributed by atoms with Gasteiger partial charge in [-0.2, -0.15) is 0 Å². The van der Waals surface area contributed by atoms with Crippen molar-refractivity contribution in [2.75, 3.05) is 20.1 Å². The molecule has 2 N–H and O–H groups in total. The van der Waals surface area contributed by atoms with Gasteiger partial charge in [-0.3, -0.25) is 0 Å². The maximum Gasteiger partial charge on any atom is 0.0123 e. The number of nitrogens with two attached hydrogens (primary N) is 1. The van der Waals surface area contributed by atoms with Gasteiger partial charge in [-0.1, -0.05) is 19.3 Å². The summed E-state index contributed by atoms with van der Waals surface area (Å²) in [4.78, 5) is 2.57. The molecule has 0 aromatic heterocycles. The second-order valence-electron chi connectivity index (χ2n) is 5.13. The van der Waals surface area contributed by atoms with Crippen molar-refractivity contribution in [2.45, 2.75) is 44.6 Å². The van der Waals surface area contributed by atoms with E-state index in [0.29, 0.717) is 0 Å². The summed E-state index contributed by atoms with van der Waals surface area (Å²) in [7, 11) is 2.29. The molecule has 3 atom stereocenters. The van der Waals surface area contributed by atoms with Crippen LogP contribution in [0, 0.1) is 11.8 Å². The zero-order valence-electron chi connectivity index (χ0n) is 9.41. The van der Waals surface area contributed by atoms with Gasteiger partial charge in [0.1, 0.15) is 0 Å². The molecule has 0 bridgehead atoms. The van der Waals surface area contributed by atoms with Crippen LogP contribution in [0.15, 0.2) is 0 Å². The summed E-state index contributed by atoms with van der Waals surface area (Å²) in [5.74, 6) is 2.13. The molecule has 0 aromatic rings. The maximum atomic E-state index is 5.56. The first-order valence-electron chi connectivity index (χ1n) is 6.23. The number of hydrogen-bond acceptors (Lipinski definition) is 2. The Kier molecular flexibility index (Phi) is 3.45. The van der Waals surface area contributed by atoms with E-state index < -0.39 is 0 Å². The summed E-state index contributed by atoms with van der Waals surface area (Å²) >= 11 is 0. The average molecular weight is 196 g/mol. The van der Waals surface area contributed by atoms with Gasteiger partial charge in [-0.25, -0.2) is 0 Å². The van der Waals surface area contributed by atoms with Crippen LogP contribution >= 0.6 is 0 Å². The van der Waals surface area contributed by atoms with E-state index in [1.807, 2.05) is 0 Å². The predicted molar refractivity (Wildman–Crippen MR) is 60.2 cm³/mol. The van der Waals surface area contributed by atoms with Gasteiger partial charge in [0.25, 0.3) is 0 Å². The van der Waals surface area contributed by atoms with Crippen LogP contribution in [-0.2, 0) is 0 Å². The van der Waals surface area contributed by atoms with Crippen molar-refractivity contribution in [3.63, 3.8) is 0 Å². The molecule has 0 heterocycles. The lowest BCUT2D eigenvalue weighted by atomic mass is 10.1. The van der Waals surface area contributed by atoms with Gasteiger partial charge in [-0.05, 0) is 51.2 Å². The first-order valence-corrected chi connectivity index (χ1v) is 6.23. The van der Waals surface area contributed by atoms with Gasteiger partial charge in [0.05, 0.1) is 0 Å². The third kappa shape index (κ3) is 2.29. The maximum absolute atomic E-state index is 5.56. The average Bonchev–Trinajstić information content (AvgIpc) is 2.91. The van der Waals surface area contributed by atoms with E-state index in [0.717, 1.165) is 30.8 Å². The van der Waals surface area contributed by atoms with Crippen LogP contribution in [0.3, 0.4) is 0 Å². The van der Waals surface area contributed by atoms with Crippen molar-refractivity contribution in [3.8, 4) is 0 Å². The fourth-order valence-electron chi connectivity index (χ4n) is 3.10. The summed E-state index contributed by atoms with van der Waals surface area (Å²) in [5.41, 5.74) is 5.56. The quantitative estimate of drug-likeness (QED) is 0.743. The van der Waals surface area contributed by atoms with Crippen LogP contribution in [0.5, 0.6) is 0 Å². The molecular weight excluding hydrogens is 172 g/mol. The Morgan fingerprint density at radius 1 is 1.29 bits per heavy atom. The highest BCUT2D eigenvalue weighted by Crippen LogP contribution is 2.49. The SMILES string of the molecule is CN(CCCN)C1CCCC[C@H]2CC12. The fourth-order valence-corrected chi connectivity index (χ4v) is 3.10. The van der Waals surface area contributed by atoms with Gasteiger partial charge < -0.3 is 10.6 Å². The van der Waals surface area contributed by atoms with Gasteiger partial charge in [0.15, 0.2) is 0 Å². The van der Waals surface area contributed by atoms with E-state index in [1.54, 1.807) is 0 Å². The molecule has 0 amide bonds. The molecule has 0 spiro atoms. The molecule has 2 aliphatic rings. The lowest BCUT2D eigenvalue weighted by Gasteiger charge is -2.27. The van der Waals surface area contributed by atoms with Gasteiger partial charge in [0, 0.05) is 6.04 Å². The van der Waals surface area contributed by atoms with Crippen molar-refractivity contribution >= 4 is 0 Å². The van der Waals surface area contributed by atoms with Crippen LogP contribution in [0.1, 0.15) is 38.5 Å². The normalized spacial score (nSPS) is 36.6.